The molecule has 156 valence electrons. The van der Waals surface area contributed by atoms with Crippen molar-refractivity contribution >= 4 is 16.1 Å². The van der Waals surface area contributed by atoms with Crippen molar-refractivity contribution in [2.75, 3.05) is 7.11 Å². The Morgan fingerprint density at radius 2 is 1.40 bits per heavy atom. The summed E-state index contributed by atoms with van der Waals surface area (Å²) >= 11 is 0. The fourth-order valence-electron chi connectivity index (χ4n) is 3.13. The zero-order chi connectivity index (χ0) is 21.4. The number of rotatable bonds is 9. The monoisotopic (exact) mass is 424 g/mol. The van der Waals surface area contributed by atoms with Crippen LogP contribution in [0.15, 0.2) is 89.8 Å². The molecule has 0 bridgehead atoms. The van der Waals surface area contributed by atoms with Gasteiger partial charge in [0.15, 0.2) is 6.10 Å². The van der Waals surface area contributed by atoms with Crippen LogP contribution in [0.2, 0.25) is 0 Å². The van der Waals surface area contributed by atoms with Gasteiger partial charge in [0.1, 0.15) is 0 Å². The van der Waals surface area contributed by atoms with Gasteiger partial charge in [0.05, 0.1) is 12.0 Å². The molecule has 0 aromatic heterocycles. The van der Waals surface area contributed by atoms with Gasteiger partial charge in [-0.15, -0.1) is 0 Å². The van der Waals surface area contributed by atoms with E-state index in [2.05, 4.69) is 0 Å². The number of esters is 1. The third kappa shape index (κ3) is 5.78. The van der Waals surface area contributed by atoms with E-state index in [1.165, 1.54) is 19.2 Å². The molecule has 0 N–H and O–H groups in total. The van der Waals surface area contributed by atoms with Crippen molar-refractivity contribution < 1.29 is 22.1 Å². The average Bonchev–Trinajstić information content (AvgIpc) is 2.79. The van der Waals surface area contributed by atoms with E-state index in [0.29, 0.717) is 12.8 Å². The molecule has 30 heavy (non-hydrogen) atoms. The topological polar surface area (TPSA) is 69.7 Å². The van der Waals surface area contributed by atoms with E-state index in [1.807, 2.05) is 60.7 Å². The second kappa shape index (κ2) is 10.2. The van der Waals surface area contributed by atoms with Crippen LogP contribution >= 0.6 is 0 Å². The highest BCUT2D eigenvalue weighted by molar-refractivity contribution is 7.86. The van der Waals surface area contributed by atoms with Crippen molar-refractivity contribution in [2.45, 2.75) is 30.3 Å². The quantitative estimate of drug-likeness (QED) is 0.370. The molecule has 0 saturated heterocycles. The van der Waals surface area contributed by atoms with Gasteiger partial charge in [0, 0.05) is 0 Å². The molecule has 0 aliphatic carbocycles. The van der Waals surface area contributed by atoms with Gasteiger partial charge in [-0.3, -0.25) is 4.18 Å². The molecule has 0 aliphatic heterocycles. The first kappa shape index (κ1) is 21.7. The molecule has 0 radical (unpaired) electrons. The number of hydrogen-bond acceptors (Lipinski definition) is 5. The van der Waals surface area contributed by atoms with Crippen molar-refractivity contribution in [3.8, 4) is 11.1 Å². The minimum atomic E-state index is -4.11. The number of carbonyl (C=O) groups is 1. The molecule has 3 rings (SSSR count). The van der Waals surface area contributed by atoms with Crippen LogP contribution in [-0.2, 0) is 30.3 Å². The summed E-state index contributed by atoms with van der Waals surface area (Å²) in [5, 5.41) is 0. The molecule has 0 spiro atoms. The average molecular weight is 425 g/mol. The van der Waals surface area contributed by atoms with Gasteiger partial charge in [-0.1, -0.05) is 72.8 Å². The SMILES string of the molecule is COC(=O)[C@@H](CCCc1ccccc1)OS(=O)(=O)c1ccc(-c2ccccc2)cc1. The van der Waals surface area contributed by atoms with E-state index in [-0.39, 0.29) is 11.3 Å². The molecule has 0 heterocycles. The molecular formula is C24H24O5S. The summed E-state index contributed by atoms with van der Waals surface area (Å²) < 4.78 is 35.4. The number of benzene rings is 3. The zero-order valence-electron chi connectivity index (χ0n) is 16.7. The van der Waals surface area contributed by atoms with E-state index in [1.54, 1.807) is 12.1 Å². The molecular weight excluding hydrogens is 400 g/mol. The van der Waals surface area contributed by atoms with Crippen molar-refractivity contribution in [2.24, 2.45) is 0 Å². The molecule has 1 atom stereocenters. The van der Waals surface area contributed by atoms with Crippen LogP contribution in [-0.4, -0.2) is 27.6 Å². The van der Waals surface area contributed by atoms with Crippen LogP contribution < -0.4 is 0 Å². The number of carbonyl (C=O) groups excluding carboxylic acids is 1. The summed E-state index contributed by atoms with van der Waals surface area (Å²) in [5.74, 6) is -0.701. The molecule has 0 fully saturated rings. The minimum absolute atomic E-state index is 0.000793. The molecule has 0 saturated carbocycles. The Morgan fingerprint density at radius 1 is 0.833 bits per heavy atom. The Hall–Kier alpha value is -2.96. The normalized spacial score (nSPS) is 12.3. The van der Waals surface area contributed by atoms with Gasteiger partial charge in [-0.05, 0) is 48.1 Å². The summed E-state index contributed by atoms with van der Waals surface area (Å²) in [7, 11) is -2.89. The lowest BCUT2D eigenvalue weighted by atomic mass is 10.1. The first-order chi connectivity index (χ1) is 14.5. The largest absolute Gasteiger partial charge is 0.467 e. The van der Waals surface area contributed by atoms with Gasteiger partial charge in [-0.25, -0.2) is 4.79 Å². The summed E-state index contributed by atoms with van der Waals surface area (Å²) in [6.07, 6.45) is 0.357. The number of ether oxygens (including phenoxy) is 1. The smallest absolute Gasteiger partial charge is 0.336 e. The zero-order valence-corrected chi connectivity index (χ0v) is 17.5. The molecule has 0 amide bonds. The first-order valence-corrected chi connectivity index (χ1v) is 11.1. The lowest BCUT2D eigenvalue weighted by Gasteiger charge is -2.15. The van der Waals surface area contributed by atoms with E-state index in [0.717, 1.165) is 16.7 Å². The maximum Gasteiger partial charge on any atom is 0.336 e. The van der Waals surface area contributed by atoms with Gasteiger partial charge in [-0.2, -0.15) is 8.42 Å². The molecule has 0 aliphatic rings. The molecule has 0 unspecified atom stereocenters. The van der Waals surface area contributed by atoms with Crippen molar-refractivity contribution in [3.63, 3.8) is 0 Å². The summed E-state index contributed by atoms with van der Waals surface area (Å²) in [4.78, 5) is 12.1. The Labute approximate surface area is 177 Å². The van der Waals surface area contributed by atoms with E-state index in [9.17, 15) is 13.2 Å². The predicted octanol–water partition coefficient (Wildman–Crippen LogP) is 4.62. The lowest BCUT2D eigenvalue weighted by molar-refractivity contribution is -0.149. The van der Waals surface area contributed by atoms with Gasteiger partial charge < -0.3 is 4.74 Å². The summed E-state index contributed by atoms with van der Waals surface area (Å²) in [6, 6.07) is 25.8. The number of hydrogen-bond donors (Lipinski definition) is 0. The van der Waals surface area contributed by atoms with Crippen LogP contribution in [0.3, 0.4) is 0 Å². The Morgan fingerprint density at radius 3 is 2.00 bits per heavy atom. The van der Waals surface area contributed by atoms with E-state index < -0.39 is 22.2 Å². The molecule has 3 aromatic rings. The van der Waals surface area contributed by atoms with Crippen LogP contribution in [0.25, 0.3) is 11.1 Å². The third-order valence-corrected chi connectivity index (χ3v) is 6.07. The maximum absolute atomic E-state index is 12.7. The Kier molecular flexibility index (Phi) is 7.38. The predicted molar refractivity (Wildman–Crippen MR) is 115 cm³/mol. The van der Waals surface area contributed by atoms with E-state index in [4.69, 9.17) is 8.92 Å². The van der Waals surface area contributed by atoms with Crippen LogP contribution in [0, 0.1) is 0 Å². The van der Waals surface area contributed by atoms with Crippen molar-refractivity contribution in [1.82, 2.24) is 0 Å². The standard InChI is InChI=1S/C24H24O5S/c1-28-24(25)23(14-8-11-19-9-4-2-5-10-19)29-30(26,27)22-17-15-21(16-18-22)20-12-6-3-7-13-20/h2-7,9-10,12-13,15-18,23H,8,11,14H2,1H3/t23-/m1/s1. The molecule has 6 heteroatoms. The maximum atomic E-state index is 12.7. The summed E-state index contributed by atoms with van der Waals surface area (Å²) in [6.45, 7) is 0. The number of methoxy groups -OCH3 is 1. The van der Waals surface area contributed by atoms with Crippen LogP contribution in [0.5, 0.6) is 0 Å². The lowest BCUT2D eigenvalue weighted by Crippen LogP contribution is -2.28. The highest BCUT2D eigenvalue weighted by atomic mass is 32.2. The van der Waals surface area contributed by atoms with E-state index >= 15 is 0 Å². The minimum Gasteiger partial charge on any atom is -0.467 e. The molecule has 5 nitrogen and oxygen atoms in total. The second-order valence-electron chi connectivity index (χ2n) is 6.83. The molecule has 3 aromatic carbocycles. The van der Waals surface area contributed by atoms with Gasteiger partial charge in [0.2, 0.25) is 0 Å². The fraction of sp³-hybridized carbons (Fsp3) is 0.208. The van der Waals surface area contributed by atoms with Crippen LogP contribution in [0.1, 0.15) is 18.4 Å². The highest BCUT2D eigenvalue weighted by Gasteiger charge is 2.28. The van der Waals surface area contributed by atoms with Gasteiger partial charge >= 0.3 is 5.97 Å². The van der Waals surface area contributed by atoms with Crippen molar-refractivity contribution in [3.05, 3.63) is 90.5 Å². The number of aryl methyl sites for hydroxylation is 1. The Balaban J connectivity index is 1.68. The van der Waals surface area contributed by atoms with Crippen LogP contribution in [0.4, 0.5) is 0 Å². The Bertz CT molecular complexity index is 1050. The summed E-state index contributed by atoms with van der Waals surface area (Å²) in [5.41, 5.74) is 2.98. The van der Waals surface area contributed by atoms with Gasteiger partial charge in [0.25, 0.3) is 10.1 Å². The fourth-order valence-corrected chi connectivity index (χ4v) is 4.19. The first-order valence-electron chi connectivity index (χ1n) is 9.70. The second-order valence-corrected chi connectivity index (χ2v) is 8.40. The third-order valence-electron chi connectivity index (χ3n) is 4.73. The van der Waals surface area contributed by atoms with Crippen molar-refractivity contribution in [1.29, 1.82) is 0 Å². The highest BCUT2D eigenvalue weighted by Crippen LogP contribution is 2.23.